The van der Waals surface area contributed by atoms with Crippen LogP contribution >= 0.6 is 0 Å². The smallest absolute Gasteiger partial charge is 0.261 e. The third-order valence-electron chi connectivity index (χ3n) is 4.75. The minimum absolute atomic E-state index is 0.144. The van der Waals surface area contributed by atoms with Crippen LogP contribution in [0.4, 0.5) is 0 Å². The van der Waals surface area contributed by atoms with Gasteiger partial charge in [-0.15, -0.1) is 0 Å². The van der Waals surface area contributed by atoms with Crippen molar-refractivity contribution in [2.75, 3.05) is 7.05 Å². The molecule has 1 atom stereocenters. The number of benzene rings is 1. The van der Waals surface area contributed by atoms with Crippen LogP contribution < -0.4 is 5.56 Å². The van der Waals surface area contributed by atoms with Crippen molar-refractivity contribution in [3.63, 3.8) is 0 Å². The van der Waals surface area contributed by atoms with E-state index in [1.807, 2.05) is 57.2 Å². The van der Waals surface area contributed by atoms with Crippen molar-refractivity contribution < 1.29 is 4.79 Å². The van der Waals surface area contributed by atoms with Gasteiger partial charge in [0.05, 0.1) is 17.4 Å². The Balaban J connectivity index is 1.85. The third kappa shape index (κ3) is 3.31. The summed E-state index contributed by atoms with van der Waals surface area (Å²) in [4.78, 5) is 29.2. The number of H-pyrrole nitrogens is 2. The number of carbonyl (C=O) groups is 1. The van der Waals surface area contributed by atoms with E-state index >= 15 is 0 Å². The number of aryl methyl sites for hydroxylation is 2. The van der Waals surface area contributed by atoms with Gasteiger partial charge in [-0.25, -0.2) is 0 Å². The first-order valence-electron chi connectivity index (χ1n) is 8.47. The summed E-state index contributed by atoms with van der Waals surface area (Å²) in [5, 5.41) is 7.33. The van der Waals surface area contributed by atoms with Gasteiger partial charge in [-0.05, 0) is 38.5 Å². The molecule has 2 N–H and O–H groups in total. The molecule has 0 saturated heterocycles. The minimum Gasteiger partial charge on any atom is -0.333 e. The number of aromatic amines is 2. The molecule has 26 heavy (non-hydrogen) atoms. The number of hydrogen-bond acceptors (Lipinski definition) is 3. The van der Waals surface area contributed by atoms with Crippen molar-refractivity contribution in [3.8, 4) is 11.3 Å². The van der Waals surface area contributed by atoms with Crippen LogP contribution in [0.25, 0.3) is 11.3 Å². The molecular weight excluding hydrogens is 328 g/mol. The predicted molar refractivity (Wildman–Crippen MR) is 101 cm³/mol. The molecule has 0 aliphatic rings. The van der Waals surface area contributed by atoms with Gasteiger partial charge in [0, 0.05) is 18.3 Å². The van der Waals surface area contributed by atoms with Crippen LogP contribution in [0, 0.1) is 13.8 Å². The molecule has 3 aromatic rings. The number of amides is 1. The Hall–Kier alpha value is -3.15. The van der Waals surface area contributed by atoms with Crippen molar-refractivity contribution in [2.45, 2.75) is 26.8 Å². The second-order valence-corrected chi connectivity index (χ2v) is 6.49. The third-order valence-corrected chi connectivity index (χ3v) is 4.75. The van der Waals surface area contributed by atoms with Crippen molar-refractivity contribution in [1.82, 2.24) is 20.1 Å². The van der Waals surface area contributed by atoms with E-state index in [2.05, 4.69) is 15.2 Å². The lowest BCUT2D eigenvalue weighted by atomic mass is 10.1. The second kappa shape index (κ2) is 7.00. The molecule has 0 aliphatic heterocycles. The summed E-state index contributed by atoms with van der Waals surface area (Å²) in [6, 6.07) is 13.1. The zero-order valence-electron chi connectivity index (χ0n) is 15.3. The molecule has 3 rings (SSSR count). The molecular formula is C20H22N4O2. The fraction of sp³-hybridized carbons (Fsp3) is 0.250. The quantitative estimate of drug-likeness (QED) is 0.758. The molecule has 0 fully saturated rings. The van der Waals surface area contributed by atoms with E-state index in [4.69, 9.17) is 0 Å². The number of nitrogens with zero attached hydrogens (tertiary/aromatic N) is 2. The van der Waals surface area contributed by atoms with Crippen LogP contribution in [0.3, 0.4) is 0 Å². The molecule has 134 valence electrons. The Morgan fingerprint density at radius 2 is 1.85 bits per heavy atom. The van der Waals surface area contributed by atoms with E-state index in [-0.39, 0.29) is 23.1 Å². The van der Waals surface area contributed by atoms with Gasteiger partial charge in [-0.1, -0.05) is 30.3 Å². The molecule has 2 heterocycles. The van der Waals surface area contributed by atoms with Crippen LogP contribution in [0.1, 0.15) is 40.3 Å². The maximum atomic E-state index is 12.8. The zero-order chi connectivity index (χ0) is 18.8. The number of aromatic nitrogens is 3. The van der Waals surface area contributed by atoms with Crippen molar-refractivity contribution in [3.05, 3.63) is 75.3 Å². The van der Waals surface area contributed by atoms with E-state index in [0.29, 0.717) is 0 Å². The Morgan fingerprint density at radius 1 is 1.15 bits per heavy atom. The van der Waals surface area contributed by atoms with E-state index in [1.54, 1.807) is 18.0 Å². The Kier molecular flexibility index (Phi) is 4.75. The van der Waals surface area contributed by atoms with Gasteiger partial charge in [0.2, 0.25) is 0 Å². The summed E-state index contributed by atoms with van der Waals surface area (Å²) in [6.07, 6.45) is 0. The van der Waals surface area contributed by atoms with Crippen molar-refractivity contribution in [1.29, 1.82) is 0 Å². The normalized spacial score (nSPS) is 12.0. The van der Waals surface area contributed by atoms with Crippen LogP contribution in [0.2, 0.25) is 0 Å². The highest BCUT2D eigenvalue weighted by molar-refractivity contribution is 5.94. The van der Waals surface area contributed by atoms with Gasteiger partial charge in [-0.2, -0.15) is 5.10 Å². The summed E-state index contributed by atoms with van der Waals surface area (Å²) in [5.74, 6) is -0.322. The topological polar surface area (TPSA) is 81.8 Å². The summed E-state index contributed by atoms with van der Waals surface area (Å²) in [6.45, 7) is 5.58. The van der Waals surface area contributed by atoms with E-state index in [0.717, 1.165) is 28.2 Å². The molecule has 1 aromatic carbocycles. The van der Waals surface area contributed by atoms with Crippen LogP contribution in [-0.2, 0) is 0 Å². The second-order valence-electron chi connectivity index (χ2n) is 6.49. The fourth-order valence-electron chi connectivity index (χ4n) is 2.77. The molecule has 2 aromatic heterocycles. The number of nitrogens with one attached hydrogen (secondary N) is 2. The zero-order valence-corrected chi connectivity index (χ0v) is 15.3. The van der Waals surface area contributed by atoms with Crippen LogP contribution in [0.5, 0.6) is 0 Å². The highest BCUT2D eigenvalue weighted by Gasteiger charge is 2.23. The average molecular weight is 350 g/mol. The van der Waals surface area contributed by atoms with E-state index in [1.165, 1.54) is 0 Å². The van der Waals surface area contributed by atoms with Crippen LogP contribution in [0.15, 0.2) is 47.3 Å². The first kappa shape index (κ1) is 17.7. The van der Waals surface area contributed by atoms with Gasteiger partial charge in [0.1, 0.15) is 5.56 Å². The summed E-state index contributed by atoms with van der Waals surface area (Å²) < 4.78 is 0. The number of pyridine rings is 1. The number of rotatable bonds is 4. The molecule has 0 unspecified atom stereocenters. The molecule has 0 saturated carbocycles. The lowest BCUT2D eigenvalue weighted by Gasteiger charge is -2.23. The van der Waals surface area contributed by atoms with E-state index < -0.39 is 0 Å². The fourth-order valence-corrected chi connectivity index (χ4v) is 2.77. The number of carbonyl (C=O) groups excluding carboxylic acids is 1. The molecule has 0 radical (unpaired) electrons. The van der Waals surface area contributed by atoms with Gasteiger partial charge in [0.15, 0.2) is 0 Å². The molecule has 0 aliphatic carbocycles. The molecule has 0 bridgehead atoms. The van der Waals surface area contributed by atoms with Crippen molar-refractivity contribution >= 4 is 5.91 Å². The predicted octanol–water partition coefficient (Wildman–Crippen LogP) is 3.22. The first-order chi connectivity index (χ1) is 12.4. The first-order valence-corrected chi connectivity index (χ1v) is 8.47. The SMILES string of the molecule is Cc1cc(C(=O)N(C)[C@H](C)c2cc(-c3ccccc3)n[nH]2)c(=O)[nH]c1C. The van der Waals surface area contributed by atoms with Crippen LogP contribution in [-0.4, -0.2) is 33.0 Å². The molecule has 1 amide bonds. The van der Waals surface area contributed by atoms with E-state index in [9.17, 15) is 9.59 Å². The maximum absolute atomic E-state index is 12.8. The van der Waals surface area contributed by atoms with Gasteiger partial charge < -0.3 is 9.88 Å². The molecule has 6 heteroatoms. The summed E-state index contributed by atoms with van der Waals surface area (Å²) >= 11 is 0. The Morgan fingerprint density at radius 3 is 2.54 bits per heavy atom. The number of hydrogen-bond donors (Lipinski definition) is 2. The standard InChI is InChI=1S/C20H22N4O2/c1-12-10-16(19(25)21-13(12)2)20(26)24(4)14(3)17-11-18(23-22-17)15-8-6-5-7-9-15/h5-11,14H,1-4H3,(H,21,25)(H,22,23)/t14-/m1/s1. The highest BCUT2D eigenvalue weighted by atomic mass is 16.2. The monoisotopic (exact) mass is 350 g/mol. The highest BCUT2D eigenvalue weighted by Crippen LogP contribution is 2.23. The lowest BCUT2D eigenvalue weighted by Crippen LogP contribution is -2.34. The lowest BCUT2D eigenvalue weighted by molar-refractivity contribution is 0.0738. The van der Waals surface area contributed by atoms with Gasteiger partial charge in [0.25, 0.3) is 11.5 Å². The molecule has 6 nitrogen and oxygen atoms in total. The Labute approximate surface area is 151 Å². The van der Waals surface area contributed by atoms with Gasteiger partial charge in [-0.3, -0.25) is 14.7 Å². The van der Waals surface area contributed by atoms with Gasteiger partial charge >= 0.3 is 0 Å². The summed E-state index contributed by atoms with van der Waals surface area (Å²) in [7, 11) is 1.69. The minimum atomic E-state index is -0.369. The largest absolute Gasteiger partial charge is 0.333 e. The molecule has 0 spiro atoms. The summed E-state index contributed by atoms with van der Waals surface area (Å²) in [5.41, 5.74) is 4.04. The van der Waals surface area contributed by atoms with Crippen molar-refractivity contribution in [2.24, 2.45) is 0 Å². The average Bonchev–Trinajstić information content (AvgIpc) is 3.14. The Bertz CT molecular complexity index is 989. The maximum Gasteiger partial charge on any atom is 0.261 e.